The third-order valence-electron chi connectivity index (χ3n) is 3.57. The standard InChI is InChI=1S/C13H16ClNO3/c1-2-5-12-7-16-13(17-8-12,18-9-12)10-3-4-11(14)15-6-10/h3-4,6H,2,5,7-9H2,1H3. The van der Waals surface area contributed by atoms with Gasteiger partial charge in [0.1, 0.15) is 5.15 Å². The van der Waals surface area contributed by atoms with Gasteiger partial charge in [0.05, 0.1) is 25.4 Å². The van der Waals surface area contributed by atoms with Crippen LogP contribution in [0, 0.1) is 5.41 Å². The quantitative estimate of drug-likeness (QED) is 0.791. The summed E-state index contributed by atoms with van der Waals surface area (Å²) in [6, 6.07) is 3.54. The Balaban J connectivity index is 1.82. The zero-order chi connectivity index (χ0) is 12.6. The minimum atomic E-state index is -1.08. The number of fused-ring (bicyclic) bond motifs is 3. The molecule has 4 nitrogen and oxygen atoms in total. The van der Waals surface area contributed by atoms with Gasteiger partial charge >= 0.3 is 5.97 Å². The average Bonchev–Trinajstić information content (AvgIpc) is 2.42. The molecular weight excluding hydrogens is 254 g/mol. The van der Waals surface area contributed by atoms with Crippen molar-refractivity contribution in [3.8, 4) is 0 Å². The van der Waals surface area contributed by atoms with Crippen molar-refractivity contribution >= 4 is 11.6 Å². The summed E-state index contributed by atoms with van der Waals surface area (Å²) < 4.78 is 17.5. The number of rotatable bonds is 3. The lowest BCUT2D eigenvalue weighted by Crippen LogP contribution is -2.58. The largest absolute Gasteiger partial charge is 0.323 e. The highest BCUT2D eigenvalue weighted by Crippen LogP contribution is 2.46. The van der Waals surface area contributed by atoms with E-state index in [1.54, 1.807) is 12.3 Å². The molecule has 0 saturated carbocycles. The summed E-state index contributed by atoms with van der Waals surface area (Å²) >= 11 is 5.78. The molecule has 0 N–H and O–H groups in total. The van der Waals surface area contributed by atoms with Gasteiger partial charge in [0, 0.05) is 11.6 Å². The molecule has 4 rings (SSSR count). The Morgan fingerprint density at radius 2 is 1.89 bits per heavy atom. The van der Waals surface area contributed by atoms with E-state index in [1.165, 1.54) is 0 Å². The predicted octanol–water partition coefficient (Wildman–Crippen LogP) is 2.71. The number of pyridine rings is 1. The molecule has 98 valence electrons. The average molecular weight is 270 g/mol. The molecule has 4 heterocycles. The van der Waals surface area contributed by atoms with Crippen LogP contribution in [0.5, 0.6) is 0 Å². The van der Waals surface area contributed by atoms with E-state index in [0.29, 0.717) is 25.0 Å². The second kappa shape index (κ2) is 4.46. The lowest BCUT2D eigenvalue weighted by atomic mass is 9.84. The van der Waals surface area contributed by atoms with E-state index in [1.807, 2.05) is 6.07 Å². The SMILES string of the molecule is CCCC12COC(c3ccc(Cl)nc3)(OC1)OC2. The fourth-order valence-corrected chi connectivity index (χ4v) is 2.66. The van der Waals surface area contributed by atoms with Gasteiger partial charge in [0.2, 0.25) is 0 Å². The van der Waals surface area contributed by atoms with E-state index in [2.05, 4.69) is 11.9 Å². The zero-order valence-electron chi connectivity index (χ0n) is 10.3. The second-order valence-corrected chi connectivity index (χ2v) is 5.43. The molecule has 0 radical (unpaired) electrons. The highest BCUT2D eigenvalue weighted by molar-refractivity contribution is 6.29. The van der Waals surface area contributed by atoms with E-state index >= 15 is 0 Å². The number of ether oxygens (including phenoxy) is 3. The molecule has 0 aliphatic carbocycles. The van der Waals surface area contributed by atoms with Crippen LogP contribution in [-0.2, 0) is 20.2 Å². The van der Waals surface area contributed by atoms with E-state index in [4.69, 9.17) is 25.8 Å². The Morgan fingerprint density at radius 3 is 2.39 bits per heavy atom. The molecule has 0 aromatic carbocycles. The molecule has 1 aromatic heterocycles. The normalized spacial score (nSPS) is 34.8. The molecule has 0 amide bonds. The zero-order valence-corrected chi connectivity index (χ0v) is 11.1. The van der Waals surface area contributed by atoms with Crippen LogP contribution in [0.2, 0.25) is 5.15 Å². The Morgan fingerprint density at radius 1 is 1.22 bits per heavy atom. The van der Waals surface area contributed by atoms with Crippen LogP contribution >= 0.6 is 11.6 Å². The minimum absolute atomic E-state index is 0.0242. The Labute approximate surface area is 111 Å². The summed E-state index contributed by atoms with van der Waals surface area (Å²) in [6.45, 7) is 4.17. The number of aromatic nitrogens is 1. The van der Waals surface area contributed by atoms with E-state index < -0.39 is 5.97 Å². The molecule has 3 fully saturated rings. The molecule has 3 aliphatic heterocycles. The van der Waals surface area contributed by atoms with E-state index in [-0.39, 0.29) is 5.41 Å². The Bertz CT molecular complexity index is 410. The monoisotopic (exact) mass is 269 g/mol. The third-order valence-corrected chi connectivity index (χ3v) is 3.79. The van der Waals surface area contributed by atoms with Crippen molar-refractivity contribution in [1.82, 2.24) is 4.98 Å². The van der Waals surface area contributed by atoms with Gasteiger partial charge in [-0.15, -0.1) is 0 Å². The van der Waals surface area contributed by atoms with Gasteiger partial charge in [-0.1, -0.05) is 24.9 Å². The molecule has 2 bridgehead atoms. The molecule has 3 aliphatic rings. The summed E-state index contributed by atoms with van der Waals surface area (Å²) in [4.78, 5) is 4.04. The van der Waals surface area contributed by atoms with Crippen LogP contribution in [-0.4, -0.2) is 24.8 Å². The highest BCUT2D eigenvalue weighted by Gasteiger charge is 2.53. The first-order chi connectivity index (χ1) is 8.68. The van der Waals surface area contributed by atoms with Crippen molar-refractivity contribution in [1.29, 1.82) is 0 Å². The third kappa shape index (κ3) is 1.93. The summed E-state index contributed by atoms with van der Waals surface area (Å²) in [7, 11) is 0. The predicted molar refractivity (Wildman–Crippen MR) is 66.1 cm³/mol. The molecule has 0 unspecified atom stereocenters. The molecule has 0 atom stereocenters. The first-order valence-electron chi connectivity index (χ1n) is 6.22. The summed E-state index contributed by atoms with van der Waals surface area (Å²) in [5.41, 5.74) is 0.785. The second-order valence-electron chi connectivity index (χ2n) is 5.04. The molecule has 0 spiro atoms. The van der Waals surface area contributed by atoms with Crippen molar-refractivity contribution < 1.29 is 14.2 Å². The Hall–Kier alpha value is -0.680. The first-order valence-corrected chi connectivity index (χ1v) is 6.60. The first kappa shape index (κ1) is 12.4. The summed E-state index contributed by atoms with van der Waals surface area (Å²) in [5, 5.41) is 0.446. The van der Waals surface area contributed by atoms with Gasteiger partial charge in [0.25, 0.3) is 0 Å². The molecule has 5 heteroatoms. The maximum atomic E-state index is 5.82. The van der Waals surface area contributed by atoms with Gasteiger partial charge in [-0.2, -0.15) is 0 Å². The topological polar surface area (TPSA) is 40.6 Å². The van der Waals surface area contributed by atoms with Crippen LogP contribution in [0.4, 0.5) is 0 Å². The van der Waals surface area contributed by atoms with Crippen LogP contribution in [0.25, 0.3) is 0 Å². The van der Waals surface area contributed by atoms with Crippen molar-refractivity contribution in [2.75, 3.05) is 19.8 Å². The van der Waals surface area contributed by atoms with E-state index in [9.17, 15) is 0 Å². The molecular formula is C13H16ClNO3. The summed E-state index contributed by atoms with van der Waals surface area (Å²) in [5.74, 6) is -1.08. The number of nitrogens with zero attached hydrogens (tertiary/aromatic N) is 1. The lowest BCUT2D eigenvalue weighted by Gasteiger charge is -2.51. The molecule has 1 aromatic rings. The van der Waals surface area contributed by atoms with E-state index in [0.717, 1.165) is 18.4 Å². The van der Waals surface area contributed by atoms with Gasteiger partial charge in [-0.25, -0.2) is 4.98 Å². The van der Waals surface area contributed by atoms with Gasteiger partial charge in [-0.3, -0.25) is 0 Å². The van der Waals surface area contributed by atoms with Crippen molar-refractivity contribution in [3.63, 3.8) is 0 Å². The van der Waals surface area contributed by atoms with Gasteiger partial charge < -0.3 is 14.2 Å². The fourth-order valence-electron chi connectivity index (χ4n) is 2.55. The van der Waals surface area contributed by atoms with Crippen molar-refractivity contribution in [3.05, 3.63) is 29.0 Å². The van der Waals surface area contributed by atoms with Crippen LogP contribution in [0.15, 0.2) is 18.3 Å². The van der Waals surface area contributed by atoms with Gasteiger partial charge in [-0.05, 0) is 18.6 Å². The van der Waals surface area contributed by atoms with Crippen LogP contribution in [0.3, 0.4) is 0 Å². The highest BCUT2D eigenvalue weighted by atomic mass is 35.5. The Kier molecular flexibility index (Phi) is 3.06. The maximum Gasteiger partial charge on any atom is 0.313 e. The maximum absolute atomic E-state index is 5.82. The smallest absolute Gasteiger partial charge is 0.313 e. The fraction of sp³-hybridized carbons (Fsp3) is 0.615. The lowest BCUT2D eigenvalue weighted by molar-refractivity contribution is -0.480. The number of hydrogen-bond acceptors (Lipinski definition) is 4. The number of hydrogen-bond donors (Lipinski definition) is 0. The van der Waals surface area contributed by atoms with Crippen molar-refractivity contribution in [2.45, 2.75) is 25.7 Å². The van der Waals surface area contributed by atoms with Gasteiger partial charge in [0.15, 0.2) is 0 Å². The summed E-state index contributed by atoms with van der Waals surface area (Å²) in [6.07, 6.45) is 3.80. The minimum Gasteiger partial charge on any atom is -0.323 e. The molecule has 18 heavy (non-hydrogen) atoms. The van der Waals surface area contributed by atoms with Crippen LogP contribution < -0.4 is 0 Å². The van der Waals surface area contributed by atoms with Crippen LogP contribution in [0.1, 0.15) is 25.3 Å². The molecule has 3 saturated heterocycles. The number of halogens is 1. The van der Waals surface area contributed by atoms with Crippen molar-refractivity contribution in [2.24, 2.45) is 5.41 Å².